The average molecular weight is 321 g/mol. The molecule has 0 aliphatic carbocycles. The molecular weight excluding hydrogens is 309 g/mol. The maximum Gasteiger partial charge on any atom is 0.254 e. The standard InChI is InChI=1S/C17H12FN5O/c18-14-7-3-1-5-12(14)15(11-19)21-17(24)13-6-2-4-8-16(13)23-10-9-20-22-23/h1-10,15H,(H,21,24)/t15-/m1/s1. The highest BCUT2D eigenvalue weighted by atomic mass is 19.1. The number of carbonyl (C=O) groups is 1. The Hall–Kier alpha value is -3.53. The molecule has 2 aromatic carbocycles. The SMILES string of the molecule is N#C[C@@H](NC(=O)c1ccccc1-n1ccnn1)c1ccccc1F. The monoisotopic (exact) mass is 321 g/mol. The fraction of sp³-hybridized carbons (Fsp3) is 0.0588. The van der Waals surface area contributed by atoms with E-state index in [2.05, 4.69) is 15.6 Å². The molecule has 1 aromatic heterocycles. The lowest BCUT2D eigenvalue weighted by molar-refractivity contribution is 0.0944. The Labute approximate surface area is 137 Å². The van der Waals surface area contributed by atoms with Gasteiger partial charge in [0.15, 0.2) is 0 Å². The quantitative estimate of drug-likeness (QED) is 0.800. The van der Waals surface area contributed by atoms with Crippen molar-refractivity contribution in [2.75, 3.05) is 0 Å². The van der Waals surface area contributed by atoms with Crippen molar-refractivity contribution in [2.45, 2.75) is 6.04 Å². The van der Waals surface area contributed by atoms with Crippen LogP contribution in [0.25, 0.3) is 5.69 Å². The Bertz CT molecular complexity index is 901. The Morgan fingerprint density at radius 3 is 2.67 bits per heavy atom. The molecule has 0 aliphatic rings. The van der Waals surface area contributed by atoms with E-state index in [1.54, 1.807) is 36.5 Å². The average Bonchev–Trinajstić information content (AvgIpc) is 3.15. The van der Waals surface area contributed by atoms with E-state index in [1.165, 1.54) is 29.1 Å². The molecule has 0 fully saturated rings. The highest BCUT2D eigenvalue weighted by molar-refractivity contribution is 5.98. The highest BCUT2D eigenvalue weighted by Crippen LogP contribution is 2.18. The van der Waals surface area contributed by atoms with Crippen molar-refractivity contribution in [1.82, 2.24) is 20.3 Å². The van der Waals surface area contributed by atoms with Crippen molar-refractivity contribution in [3.63, 3.8) is 0 Å². The molecule has 24 heavy (non-hydrogen) atoms. The summed E-state index contributed by atoms with van der Waals surface area (Å²) in [6.45, 7) is 0. The van der Waals surface area contributed by atoms with Gasteiger partial charge in [0.1, 0.15) is 11.9 Å². The van der Waals surface area contributed by atoms with Gasteiger partial charge in [0.25, 0.3) is 5.91 Å². The molecule has 0 radical (unpaired) electrons. The summed E-state index contributed by atoms with van der Waals surface area (Å²) in [5.74, 6) is -1.05. The Kier molecular flexibility index (Phi) is 4.29. The summed E-state index contributed by atoms with van der Waals surface area (Å²) in [5, 5.41) is 19.4. The van der Waals surface area contributed by atoms with E-state index in [9.17, 15) is 14.4 Å². The third kappa shape index (κ3) is 2.98. The molecule has 118 valence electrons. The summed E-state index contributed by atoms with van der Waals surface area (Å²) in [4.78, 5) is 12.6. The van der Waals surface area contributed by atoms with Crippen LogP contribution in [0.15, 0.2) is 60.9 Å². The minimum Gasteiger partial charge on any atom is -0.332 e. The van der Waals surface area contributed by atoms with Gasteiger partial charge in [-0.3, -0.25) is 4.79 Å². The number of aromatic nitrogens is 3. The second-order valence-electron chi connectivity index (χ2n) is 4.92. The van der Waals surface area contributed by atoms with Crippen LogP contribution in [0.3, 0.4) is 0 Å². The number of para-hydroxylation sites is 1. The number of nitrogens with one attached hydrogen (secondary N) is 1. The molecule has 6 nitrogen and oxygen atoms in total. The van der Waals surface area contributed by atoms with Gasteiger partial charge in [0.2, 0.25) is 0 Å². The first kappa shape index (κ1) is 15.4. The molecular formula is C17H12FN5O. The van der Waals surface area contributed by atoms with E-state index >= 15 is 0 Å². The molecule has 0 spiro atoms. The van der Waals surface area contributed by atoms with Gasteiger partial charge < -0.3 is 5.32 Å². The molecule has 1 amide bonds. The lowest BCUT2D eigenvalue weighted by Gasteiger charge is -2.14. The second-order valence-corrected chi connectivity index (χ2v) is 4.92. The number of carbonyl (C=O) groups excluding carboxylic acids is 1. The van der Waals surface area contributed by atoms with Gasteiger partial charge in [0.05, 0.1) is 29.7 Å². The number of hydrogen-bond acceptors (Lipinski definition) is 4. The number of benzene rings is 2. The molecule has 1 heterocycles. The van der Waals surface area contributed by atoms with Crippen LogP contribution >= 0.6 is 0 Å². The first-order valence-electron chi connectivity index (χ1n) is 7.11. The number of nitrogens with zero attached hydrogens (tertiary/aromatic N) is 4. The molecule has 0 aliphatic heterocycles. The van der Waals surface area contributed by atoms with E-state index in [4.69, 9.17) is 0 Å². The lowest BCUT2D eigenvalue weighted by Crippen LogP contribution is -2.29. The molecule has 3 rings (SSSR count). The Morgan fingerprint density at radius 1 is 1.21 bits per heavy atom. The molecule has 0 unspecified atom stereocenters. The normalized spacial score (nSPS) is 11.5. The van der Waals surface area contributed by atoms with Crippen LogP contribution in [0.4, 0.5) is 4.39 Å². The van der Waals surface area contributed by atoms with Gasteiger partial charge in [0, 0.05) is 5.56 Å². The van der Waals surface area contributed by atoms with Crippen molar-refractivity contribution in [3.8, 4) is 11.8 Å². The van der Waals surface area contributed by atoms with Crippen LogP contribution in [0.5, 0.6) is 0 Å². The van der Waals surface area contributed by atoms with Crippen molar-refractivity contribution in [3.05, 3.63) is 77.9 Å². The minimum atomic E-state index is -1.09. The maximum absolute atomic E-state index is 13.9. The predicted molar refractivity (Wildman–Crippen MR) is 83.6 cm³/mol. The minimum absolute atomic E-state index is 0.117. The van der Waals surface area contributed by atoms with Gasteiger partial charge >= 0.3 is 0 Å². The first-order valence-corrected chi connectivity index (χ1v) is 7.11. The van der Waals surface area contributed by atoms with Crippen molar-refractivity contribution >= 4 is 5.91 Å². The topological polar surface area (TPSA) is 83.6 Å². The lowest BCUT2D eigenvalue weighted by atomic mass is 10.1. The van der Waals surface area contributed by atoms with Crippen LogP contribution in [0.2, 0.25) is 0 Å². The zero-order valence-corrected chi connectivity index (χ0v) is 12.4. The molecule has 0 saturated carbocycles. The van der Waals surface area contributed by atoms with E-state index in [0.29, 0.717) is 11.3 Å². The highest BCUT2D eigenvalue weighted by Gasteiger charge is 2.20. The summed E-state index contributed by atoms with van der Waals surface area (Å²) in [7, 11) is 0. The zero-order chi connectivity index (χ0) is 16.9. The van der Waals surface area contributed by atoms with Gasteiger partial charge in [-0.15, -0.1) is 5.10 Å². The van der Waals surface area contributed by atoms with Gasteiger partial charge in [-0.05, 0) is 18.2 Å². The van der Waals surface area contributed by atoms with Crippen LogP contribution in [-0.2, 0) is 0 Å². The number of amides is 1. The predicted octanol–water partition coefficient (Wildman–Crippen LogP) is 2.40. The van der Waals surface area contributed by atoms with Gasteiger partial charge in [-0.25, -0.2) is 9.07 Å². The fourth-order valence-electron chi connectivity index (χ4n) is 2.30. The number of hydrogen-bond donors (Lipinski definition) is 1. The van der Waals surface area contributed by atoms with Crippen molar-refractivity contribution < 1.29 is 9.18 Å². The first-order chi connectivity index (χ1) is 11.7. The molecule has 0 bridgehead atoms. The summed E-state index contributed by atoms with van der Waals surface area (Å²) in [6.07, 6.45) is 3.09. The van der Waals surface area contributed by atoms with Crippen LogP contribution in [-0.4, -0.2) is 20.9 Å². The molecule has 1 N–H and O–H groups in total. The smallest absolute Gasteiger partial charge is 0.254 e. The number of rotatable bonds is 4. The fourth-order valence-corrected chi connectivity index (χ4v) is 2.30. The summed E-state index contributed by atoms with van der Waals surface area (Å²) in [6, 6.07) is 13.4. The van der Waals surface area contributed by atoms with Crippen LogP contribution in [0, 0.1) is 17.1 Å². The summed E-state index contributed by atoms with van der Waals surface area (Å²) < 4.78 is 15.3. The Balaban J connectivity index is 1.91. The summed E-state index contributed by atoms with van der Waals surface area (Å²) >= 11 is 0. The Morgan fingerprint density at radius 2 is 1.96 bits per heavy atom. The van der Waals surface area contributed by atoms with Gasteiger partial charge in [-0.2, -0.15) is 5.26 Å². The molecule has 3 aromatic rings. The molecule has 1 atom stereocenters. The number of nitriles is 1. The second kappa shape index (κ2) is 6.71. The third-order valence-electron chi connectivity index (χ3n) is 3.44. The van der Waals surface area contributed by atoms with Crippen LogP contribution < -0.4 is 5.32 Å². The van der Waals surface area contributed by atoms with E-state index < -0.39 is 17.8 Å². The van der Waals surface area contributed by atoms with Crippen molar-refractivity contribution in [2.24, 2.45) is 0 Å². The largest absolute Gasteiger partial charge is 0.332 e. The zero-order valence-electron chi connectivity index (χ0n) is 12.4. The van der Waals surface area contributed by atoms with E-state index in [1.807, 2.05) is 6.07 Å². The number of halogens is 1. The van der Waals surface area contributed by atoms with Crippen LogP contribution in [0.1, 0.15) is 22.0 Å². The summed E-state index contributed by atoms with van der Waals surface area (Å²) in [5.41, 5.74) is 0.934. The van der Waals surface area contributed by atoms with Crippen molar-refractivity contribution in [1.29, 1.82) is 5.26 Å². The molecule has 0 saturated heterocycles. The van der Waals surface area contributed by atoms with E-state index in [0.717, 1.165) is 0 Å². The maximum atomic E-state index is 13.9. The van der Waals surface area contributed by atoms with Gasteiger partial charge in [-0.1, -0.05) is 35.5 Å². The van der Waals surface area contributed by atoms with E-state index in [-0.39, 0.29) is 5.56 Å². The molecule has 7 heteroatoms. The third-order valence-corrected chi connectivity index (χ3v) is 3.44.